The lowest BCUT2D eigenvalue weighted by molar-refractivity contribution is 0.274. The molecule has 1 saturated heterocycles. The molecule has 4 rings (SSSR count). The highest BCUT2D eigenvalue weighted by molar-refractivity contribution is 7.77. The summed E-state index contributed by atoms with van der Waals surface area (Å²) in [7, 11) is 0. The maximum Gasteiger partial charge on any atom is 0.232 e. The number of piperidine rings is 1. The van der Waals surface area contributed by atoms with Crippen molar-refractivity contribution in [3.8, 4) is 0 Å². The van der Waals surface area contributed by atoms with Crippen LogP contribution in [-0.2, 0) is 29.6 Å². The Balaban J connectivity index is 1.30. The van der Waals surface area contributed by atoms with Crippen molar-refractivity contribution >= 4 is 22.9 Å². The summed E-state index contributed by atoms with van der Waals surface area (Å²) in [6.45, 7) is 6.23. The van der Waals surface area contributed by atoms with Crippen molar-refractivity contribution in [2.24, 2.45) is 11.8 Å². The van der Waals surface area contributed by atoms with Crippen LogP contribution in [0.2, 0.25) is 5.02 Å². The third kappa shape index (κ3) is 4.05. The normalized spacial score (nSPS) is 27.5. The Hall–Kier alpha value is -1.24. The van der Waals surface area contributed by atoms with E-state index in [2.05, 4.69) is 46.9 Å². The van der Waals surface area contributed by atoms with Crippen LogP contribution in [0.25, 0.3) is 0 Å². The van der Waals surface area contributed by atoms with Gasteiger partial charge in [-0.1, -0.05) is 61.0 Å². The van der Waals surface area contributed by atoms with Crippen LogP contribution < -0.4 is 4.72 Å². The lowest BCUT2D eigenvalue weighted by Gasteiger charge is -2.25. The van der Waals surface area contributed by atoms with Crippen LogP contribution >= 0.6 is 11.6 Å². The number of nitrogens with one attached hydrogen (secondary N) is 1. The summed E-state index contributed by atoms with van der Waals surface area (Å²) >= 11 is 4.29. The average molecular weight is 419 g/mol. The molecule has 0 bridgehead atoms. The molecule has 0 aromatic heterocycles. The molecule has 3 unspecified atom stereocenters. The van der Waals surface area contributed by atoms with Gasteiger partial charge in [0.2, 0.25) is 11.3 Å². The molecule has 2 fully saturated rings. The summed E-state index contributed by atoms with van der Waals surface area (Å²) in [4.78, 5) is 2.59. The molecule has 0 amide bonds. The molecule has 0 spiro atoms. The molecule has 4 nitrogen and oxygen atoms in total. The lowest BCUT2D eigenvalue weighted by atomic mass is 9.91. The fourth-order valence-corrected chi connectivity index (χ4v) is 5.45. The number of likely N-dealkylation sites (tertiary alicyclic amines) is 1. The lowest BCUT2D eigenvalue weighted by Crippen LogP contribution is -2.30. The Bertz CT molecular complexity index is 863. The third-order valence-electron chi connectivity index (χ3n) is 6.65. The van der Waals surface area contributed by atoms with E-state index in [9.17, 15) is 4.21 Å². The summed E-state index contributed by atoms with van der Waals surface area (Å²) in [5.74, 6) is 1.42. The van der Waals surface area contributed by atoms with Gasteiger partial charge >= 0.3 is 0 Å². The number of hydrogen-bond acceptors (Lipinski definition) is 2. The van der Waals surface area contributed by atoms with Gasteiger partial charge in [0.25, 0.3) is 0 Å². The highest BCUT2D eigenvalue weighted by Crippen LogP contribution is 2.63. The molecule has 2 aliphatic rings. The molecule has 1 saturated carbocycles. The minimum atomic E-state index is -1.97. The first-order valence-corrected chi connectivity index (χ1v) is 11.4. The molecule has 2 aromatic rings. The number of halogens is 1. The van der Waals surface area contributed by atoms with Crippen molar-refractivity contribution in [3.05, 3.63) is 70.2 Å². The second-order valence-corrected chi connectivity index (χ2v) is 9.42. The molecular formula is C22H27ClN2O2S. The predicted molar refractivity (Wildman–Crippen MR) is 115 cm³/mol. The van der Waals surface area contributed by atoms with Crippen molar-refractivity contribution < 1.29 is 8.76 Å². The number of aryl methyl sites for hydroxylation is 1. The molecule has 28 heavy (non-hydrogen) atoms. The van der Waals surface area contributed by atoms with Crippen LogP contribution in [0.4, 0.5) is 0 Å². The summed E-state index contributed by atoms with van der Waals surface area (Å²) in [6, 6.07) is 16.6. The van der Waals surface area contributed by atoms with E-state index in [1.165, 1.54) is 11.1 Å². The fraction of sp³-hybridized carbons (Fsp3) is 0.455. The Morgan fingerprint density at radius 2 is 1.96 bits per heavy atom. The van der Waals surface area contributed by atoms with E-state index in [4.69, 9.17) is 16.2 Å². The Morgan fingerprint density at radius 3 is 2.68 bits per heavy atom. The number of nitrogens with zero attached hydrogens (tertiary/aromatic N) is 1. The number of rotatable bonds is 8. The van der Waals surface area contributed by atoms with Gasteiger partial charge in [-0.3, -0.25) is 4.55 Å². The van der Waals surface area contributed by atoms with E-state index in [1.807, 2.05) is 18.2 Å². The average Bonchev–Trinajstić information content (AvgIpc) is 3.03. The van der Waals surface area contributed by atoms with E-state index in [0.29, 0.717) is 18.4 Å². The van der Waals surface area contributed by atoms with Crippen LogP contribution in [0.3, 0.4) is 0 Å². The number of benzene rings is 2. The summed E-state index contributed by atoms with van der Waals surface area (Å²) in [5, 5.41) is 0.874. The predicted octanol–water partition coefficient (Wildman–Crippen LogP) is 4.02. The minimum Gasteiger partial charge on any atom is -0.303 e. The number of hydrogen-bond donors (Lipinski definition) is 2. The fourth-order valence-electron chi connectivity index (χ4n) is 4.93. The highest BCUT2D eigenvalue weighted by Gasteiger charge is 2.65. The molecule has 3 atom stereocenters. The Labute approximate surface area is 174 Å². The molecule has 1 aliphatic heterocycles. The zero-order chi connectivity index (χ0) is 19.7. The maximum atomic E-state index is 10.8. The van der Waals surface area contributed by atoms with Crippen LogP contribution in [0.15, 0.2) is 48.5 Å². The van der Waals surface area contributed by atoms with Gasteiger partial charge in [-0.25, -0.2) is 8.93 Å². The topological polar surface area (TPSA) is 52.6 Å². The molecule has 1 aliphatic carbocycles. The first-order chi connectivity index (χ1) is 13.5. The molecule has 6 heteroatoms. The van der Waals surface area contributed by atoms with Gasteiger partial charge in [-0.2, -0.15) is 0 Å². The zero-order valence-corrected chi connectivity index (χ0v) is 17.7. The van der Waals surface area contributed by atoms with Gasteiger partial charge in [0.15, 0.2) is 0 Å². The van der Waals surface area contributed by atoms with Crippen molar-refractivity contribution in [2.45, 2.75) is 31.7 Å². The SMILES string of the molecule is CC1(c2cccc(CNS(=O)O)c2)C2CN(CCCc3ccccc3Cl)CC21. The Kier molecular flexibility index (Phi) is 5.91. The second-order valence-electron chi connectivity index (χ2n) is 8.22. The van der Waals surface area contributed by atoms with Gasteiger partial charge in [-0.05, 0) is 54.0 Å². The van der Waals surface area contributed by atoms with Crippen molar-refractivity contribution in [1.82, 2.24) is 9.62 Å². The van der Waals surface area contributed by atoms with Crippen molar-refractivity contribution in [2.75, 3.05) is 19.6 Å². The molecule has 1 heterocycles. The summed E-state index contributed by atoms with van der Waals surface area (Å²) < 4.78 is 22.3. The van der Waals surface area contributed by atoms with E-state index >= 15 is 0 Å². The van der Waals surface area contributed by atoms with Crippen LogP contribution in [0.1, 0.15) is 30.0 Å². The van der Waals surface area contributed by atoms with E-state index in [-0.39, 0.29) is 5.41 Å². The number of fused-ring (bicyclic) bond motifs is 1. The van der Waals surface area contributed by atoms with Gasteiger partial charge in [-0.15, -0.1) is 0 Å². The van der Waals surface area contributed by atoms with Gasteiger partial charge < -0.3 is 4.90 Å². The standard InChI is InChI=1S/C22H27ClN2O2S/c1-22(18-9-4-6-16(12-18)13-24-28(26)27)19-14-25(15-20(19)22)11-5-8-17-7-2-3-10-21(17)23/h2-4,6-7,9-10,12,19-20,24H,5,8,11,13-15H2,1H3,(H,26,27). The van der Waals surface area contributed by atoms with E-state index in [0.717, 1.165) is 43.1 Å². The first kappa shape index (κ1) is 20.0. The summed E-state index contributed by atoms with van der Waals surface area (Å²) in [5.41, 5.74) is 3.91. The monoisotopic (exact) mass is 418 g/mol. The molecule has 2 N–H and O–H groups in total. The zero-order valence-electron chi connectivity index (χ0n) is 16.1. The minimum absolute atomic E-state index is 0.244. The molecule has 2 aromatic carbocycles. The van der Waals surface area contributed by atoms with Crippen molar-refractivity contribution in [3.63, 3.8) is 0 Å². The molecule has 0 radical (unpaired) electrons. The molecular weight excluding hydrogens is 392 g/mol. The van der Waals surface area contributed by atoms with Gasteiger partial charge in [0.1, 0.15) is 0 Å². The van der Waals surface area contributed by atoms with Gasteiger partial charge in [0, 0.05) is 30.1 Å². The smallest absolute Gasteiger partial charge is 0.232 e. The Morgan fingerprint density at radius 1 is 1.21 bits per heavy atom. The molecule has 150 valence electrons. The highest BCUT2D eigenvalue weighted by atomic mass is 35.5. The van der Waals surface area contributed by atoms with E-state index in [1.54, 1.807) is 0 Å². The third-order valence-corrected chi connectivity index (χ3v) is 7.41. The van der Waals surface area contributed by atoms with Crippen LogP contribution in [0.5, 0.6) is 0 Å². The summed E-state index contributed by atoms with van der Waals surface area (Å²) in [6.07, 6.45) is 2.17. The van der Waals surface area contributed by atoms with Gasteiger partial charge in [0.05, 0.1) is 0 Å². The largest absolute Gasteiger partial charge is 0.303 e. The van der Waals surface area contributed by atoms with E-state index < -0.39 is 11.3 Å². The van der Waals surface area contributed by atoms with Crippen molar-refractivity contribution in [1.29, 1.82) is 0 Å². The first-order valence-electron chi connectivity index (χ1n) is 9.88. The van der Waals surface area contributed by atoms with Crippen LogP contribution in [0, 0.1) is 11.8 Å². The second kappa shape index (κ2) is 8.25. The maximum absolute atomic E-state index is 10.8. The van der Waals surface area contributed by atoms with Crippen LogP contribution in [-0.4, -0.2) is 33.3 Å². The quantitative estimate of drug-likeness (QED) is 0.636.